The van der Waals surface area contributed by atoms with Gasteiger partial charge >= 0.3 is 0 Å². The first-order valence-electron chi connectivity index (χ1n) is 11.8. The third kappa shape index (κ3) is 5.05. The van der Waals surface area contributed by atoms with Crippen molar-refractivity contribution in [3.8, 4) is 28.7 Å². The number of amides is 1. The molecular formula is C29H28ClNO8. The Morgan fingerprint density at radius 3 is 2.08 bits per heavy atom. The number of Topliss-reactive ketones (excluding diaryl/α,β-unsaturated/α-hetero) is 1. The maximum absolute atomic E-state index is 13.5. The molecule has 1 N–H and O–H groups in total. The van der Waals surface area contributed by atoms with E-state index >= 15 is 0 Å². The normalized spacial score (nSPS) is 16.3. The highest BCUT2D eigenvalue weighted by atomic mass is 35.5. The molecule has 0 bridgehead atoms. The highest BCUT2D eigenvalue weighted by Gasteiger charge is 2.47. The Morgan fingerprint density at radius 2 is 1.44 bits per heavy atom. The van der Waals surface area contributed by atoms with Crippen LogP contribution in [0.2, 0.25) is 5.02 Å². The van der Waals surface area contributed by atoms with E-state index in [4.69, 9.17) is 35.3 Å². The van der Waals surface area contributed by atoms with Crippen LogP contribution in [0.5, 0.6) is 28.7 Å². The predicted molar refractivity (Wildman–Crippen MR) is 145 cm³/mol. The maximum Gasteiger partial charge on any atom is 0.295 e. The van der Waals surface area contributed by atoms with E-state index in [1.807, 2.05) is 12.1 Å². The van der Waals surface area contributed by atoms with Gasteiger partial charge in [-0.25, -0.2) is 0 Å². The van der Waals surface area contributed by atoms with Crippen molar-refractivity contribution in [2.24, 2.45) is 0 Å². The summed E-state index contributed by atoms with van der Waals surface area (Å²) in [6, 6.07) is 14.2. The topological polar surface area (TPSA) is 104 Å². The minimum Gasteiger partial charge on any atom is -0.507 e. The van der Waals surface area contributed by atoms with E-state index in [-0.39, 0.29) is 28.5 Å². The molecule has 1 saturated heterocycles. The molecule has 1 aliphatic rings. The molecule has 10 heteroatoms. The molecular weight excluding hydrogens is 526 g/mol. The molecule has 1 fully saturated rings. The van der Waals surface area contributed by atoms with Gasteiger partial charge in [-0.2, -0.15) is 0 Å². The summed E-state index contributed by atoms with van der Waals surface area (Å²) >= 11 is 6.35. The molecule has 204 valence electrons. The predicted octanol–water partition coefficient (Wildman–Crippen LogP) is 5.00. The van der Waals surface area contributed by atoms with E-state index in [2.05, 4.69) is 0 Å². The molecule has 4 rings (SSSR count). The minimum absolute atomic E-state index is 0.0326. The summed E-state index contributed by atoms with van der Waals surface area (Å²) in [5, 5.41) is 11.8. The fourth-order valence-corrected chi connectivity index (χ4v) is 4.86. The number of benzene rings is 3. The smallest absolute Gasteiger partial charge is 0.295 e. The lowest BCUT2D eigenvalue weighted by Crippen LogP contribution is -2.29. The number of halogens is 1. The number of ketones is 1. The maximum atomic E-state index is 13.5. The SMILES string of the molecule is COc1cc(OC)c(/C(O)=C2\C(=O)C(=O)N(Cc3ccccc3OC)C2c2ccc(OC)c(OC)c2)cc1Cl. The van der Waals surface area contributed by atoms with Crippen LogP contribution in [-0.2, 0) is 16.1 Å². The second-order valence-electron chi connectivity index (χ2n) is 8.54. The van der Waals surface area contributed by atoms with Crippen LogP contribution in [0.15, 0.2) is 60.2 Å². The second kappa shape index (κ2) is 11.6. The third-order valence-corrected chi connectivity index (χ3v) is 6.82. The minimum atomic E-state index is -0.986. The van der Waals surface area contributed by atoms with Crippen molar-refractivity contribution in [1.29, 1.82) is 0 Å². The molecule has 1 heterocycles. The number of para-hydroxylation sites is 1. The summed E-state index contributed by atoms with van der Waals surface area (Å²) in [6.07, 6.45) is 0. The number of nitrogens with zero attached hydrogens (tertiary/aromatic N) is 1. The Balaban J connectivity index is 1.96. The fourth-order valence-electron chi connectivity index (χ4n) is 4.62. The van der Waals surface area contributed by atoms with Crippen LogP contribution >= 0.6 is 11.6 Å². The van der Waals surface area contributed by atoms with E-state index in [9.17, 15) is 14.7 Å². The second-order valence-corrected chi connectivity index (χ2v) is 8.95. The van der Waals surface area contributed by atoms with Crippen LogP contribution in [0.3, 0.4) is 0 Å². The van der Waals surface area contributed by atoms with Crippen molar-refractivity contribution in [2.75, 3.05) is 35.5 Å². The Hall–Kier alpha value is -4.37. The molecule has 0 saturated carbocycles. The van der Waals surface area contributed by atoms with Crippen molar-refractivity contribution in [3.05, 3.63) is 81.9 Å². The van der Waals surface area contributed by atoms with Crippen molar-refractivity contribution >= 4 is 29.1 Å². The number of hydrogen-bond donors (Lipinski definition) is 1. The standard InChI is InChI=1S/C29H28ClNO8/c1-35-20-9-7-6-8-17(20)15-31-26(16-10-11-21(36-2)24(12-16)39-5)25(28(33)29(31)34)27(32)18-13-19(30)23(38-4)14-22(18)37-3/h6-14,26,32H,15H2,1-5H3/b27-25+. The van der Waals surface area contributed by atoms with Gasteiger partial charge in [-0.1, -0.05) is 35.9 Å². The summed E-state index contributed by atoms with van der Waals surface area (Å²) in [5.41, 5.74) is 1.19. The zero-order chi connectivity index (χ0) is 28.3. The van der Waals surface area contributed by atoms with Crippen LogP contribution in [0.1, 0.15) is 22.7 Å². The lowest BCUT2D eigenvalue weighted by atomic mass is 9.94. The lowest BCUT2D eigenvalue weighted by molar-refractivity contribution is -0.140. The summed E-state index contributed by atoms with van der Waals surface area (Å²) in [4.78, 5) is 28.4. The highest BCUT2D eigenvalue weighted by Crippen LogP contribution is 2.45. The molecule has 1 amide bonds. The average molecular weight is 554 g/mol. The van der Waals surface area contributed by atoms with E-state index in [1.165, 1.54) is 52.6 Å². The molecule has 3 aromatic carbocycles. The lowest BCUT2D eigenvalue weighted by Gasteiger charge is -2.26. The van der Waals surface area contributed by atoms with E-state index < -0.39 is 23.5 Å². The Morgan fingerprint density at radius 1 is 0.795 bits per heavy atom. The van der Waals surface area contributed by atoms with Crippen molar-refractivity contribution in [1.82, 2.24) is 4.90 Å². The van der Waals surface area contributed by atoms with Crippen LogP contribution in [0.4, 0.5) is 0 Å². The van der Waals surface area contributed by atoms with Crippen molar-refractivity contribution in [2.45, 2.75) is 12.6 Å². The van der Waals surface area contributed by atoms with Gasteiger partial charge in [0.2, 0.25) is 0 Å². The van der Waals surface area contributed by atoms with Crippen molar-refractivity contribution < 1.29 is 38.4 Å². The van der Waals surface area contributed by atoms with Gasteiger partial charge in [0.15, 0.2) is 11.5 Å². The van der Waals surface area contributed by atoms with Crippen LogP contribution < -0.4 is 23.7 Å². The Labute approximate surface area is 231 Å². The number of carbonyl (C=O) groups is 2. The monoisotopic (exact) mass is 553 g/mol. The summed E-state index contributed by atoms with van der Waals surface area (Å²) in [6.45, 7) is 0.0326. The van der Waals surface area contributed by atoms with Gasteiger partial charge in [0, 0.05) is 11.6 Å². The number of likely N-dealkylation sites (tertiary alicyclic amines) is 1. The molecule has 1 atom stereocenters. The number of aliphatic hydroxyl groups is 1. The highest BCUT2D eigenvalue weighted by molar-refractivity contribution is 6.46. The first-order chi connectivity index (χ1) is 18.8. The van der Waals surface area contributed by atoms with Crippen LogP contribution in [0.25, 0.3) is 5.76 Å². The van der Waals surface area contributed by atoms with Crippen LogP contribution in [-0.4, -0.2) is 57.2 Å². The van der Waals surface area contributed by atoms with Gasteiger partial charge in [-0.05, 0) is 29.8 Å². The van der Waals surface area contributed by atoms with E-state index in [0.717, 1.165) is 0 Å². The zero-order valence-corrected chi connectivity index (χ0v) is 22.9. The summed E-state index contributed by atoms with van der Waals surface area (Å²) in [7, 11) is 7.37. The van der Waals surface area contributed by atoms with Gasteiger partial charge in [0.1, 0.15) is 23.0 Å². The molecule has 0 aliphatic carbocycles. The largest absolute Gasteiger partial charge is 0.507 e. The van der Waals surface area contributed by atoms with Gasteiger partial charge in [-0.3, -0.25) is 9.59 Å². The molecule has 1 aliphatic heterocycles. The molecule has 9 nitrogen and oxygen atoms in total. The molecule has 3 aromatic rings. The van der Waals surface area contributed by atoms with E-state index in [0.29, 0.717) is 34.1 Å². The summed E-state index contributed by atoms with van der Waals surface area (Å²) < 4.78 is 27.0. The Kier molecular flexibility index (Phi) is 8.21. The van der Waals surface area contributed by atoms with Gasteiger partial charge in [0.25, 0.3) is 11.7 Å². The zero-order valence-electron chi connectivity index (χ0n) is 22.1. The molecule has 1 unspecified atom stereocenters. The molecule has 39 heavy (non-hydrogen) atoms. The number of ether oxygens (including phenoxy) is 5. The van der Waals surface area contributed by atoms with Gasteiger partial charge in [0.05, 0.1) is 64.3 Å². The number of rotatable bonds is 9. The quantitative estimate of drug-likeness (QED) is 0.224. The van der Waals surface area contributed by atoms with Crippen LogP contribution in [0, 0.1) is 0 Å². The molecule has 0 spiro atoms. The number of hydrogen-bond acceptors (Lipinski definition) is 8. The summed E-state index contributed by atoms with van der Waals surface area (Å²) in [5.74, 6) is -0.175. The van der Waals surface area contributed by atoms with Crippen molar-refractivity contribution in [3.63, 3.8) is 0 Å². The fraction of sp³-hybridized carbons (Fsp3) is 0.241. The molecule has 0 aromatic heterocycles. The first kappa shape index (κ1) is 27.7. The average Bonchev–Trinajstić information content (AvgIpc) is 3.21. The van der Waals surface area contributed by atoms with E-state index in [1.54, 1.807) is 30.3 Å². The van der Waals surface area contributed by atoms with Gasteiger partial charge < -0.3 is 33.7 Å². The third-order valence-electron chi connectivity index (χ3n) is 6.53. The number of methoxy groups -OCH3 is 5. The van der Waals surface area contributed by atoms with Gasteiger partial charge in [-0.15, -0.1) is 0 Å². The number of aliphatic hydroxyl groups excluding tert-OH is 1. The molecule has 0 radical (unpaired) electrons. The number of carbonyl (C=O) groups excluding carboxylic acids is 2. The first-order valence-corrected chi connectivity index (χ1v) is 12.2. The Bertz CT molecular complexity index is 1450.